The summed E-state index contributed by atoms with van der Waals surface area (Å²) in [5.41, 5.74) is 2.92. The van der Waals surface area contributed by atoms with Crippen molar-refractivity contribution in [1.82, 2.24) is 4.98 Å². The van der Waals surface area contributed by atoms with E-state index in [9.17, 15) is 8.42 Å². The van der Waals surface area contributed by atoms with Crippen molar-refractivity contribution in [1.29, 1.82) is 0 Å². The maximum absolute atomic E-state index is 12.3. The average Bonchev–Trinajstić information content (AvgIpc) is 2.96. The van der Waals surface area contributed by atoms with Crippen molar-refractivity contribution in [3.05, 3.63) is 69.5 Å². The smallest absolute Gasteiger partial charge is 0.236 e. The Labute approximate surface area is 150 Å². The second-order valence-electron chi connectivity index (χ2n) is 5.32. The summed E-state index contributed by atoms with van der Waals surface area (Å²) in [7, 11) is -3.51. The van der Waals surface area contributed by atoms with Gasteiger partial charge >= 0.3 is 0 Å². The lowest BCUT2D eigenvalue weighted by Gasteiger charge is -2.09. The third-order valence-corrected chi connectivity index (χ3v) is 5.61. The molecule has 4 nitrogen and oxygen atoms in total. The van der Waals surface area contributed by atoms with Gasteiger partial charge in [-0.05, 0) is 36.8 Å². The van der Waals surface area contributed by atoms with Gasteiger partial charge < -0.3 is 0 Å². The van der Waals surface area contributed by atoms with Gasteiger partial charge in [0, 0.05) is 21.7 Å². The average molecular weight is 379 g/mol. The predicted molar refractivity (Wildman–Crippen MR) is 100.0 cm³/mol. The number of anilines is 1. The molecule has 3 rings (SSSR count). The first kappa shape index (κ1) is 17.0. The highest BCUT2D eigenvalue weighted by atomic mass is 35.5. The number of aryl methyl sites for hydroxylation is 1. The molecule has 0 aliphatic heterocycles. The van der Waals surface area contributed by atoms with Crippen LogP contribution in [0.4, 0.5) is 5.69 Å². The minimum absolute atomic E-state index is 0.107. The lowest BCUT2D eigenvalue weighted by Crippen LogP contribution is -2.15. The van der Waals surface area contributed by atoms with Gasteiger partial charge in [0.2, 0.25) is 10.0 Å². The van der Waals surface area contributed by atoms with Crippen molar-refractivity contribution in [3.63, 3.8) is 0 Å². The van der Waals surface area contributed by atoms with Crippen LogP contribution in [0.15, 0.2) is 53.9 Å². The van der Waals surface area contributed by atoms with Crippen LogP contribution in [0.1, 0.15) is 10.6 Å². The standard InChI is InChI=1S/C17H15ClN2O2S2/c1-12-19-17(10-23-12)14-3-2-4-16(9-14)20-24(21,22)11-13-5-7-15(18)8-6-13/h2-10,20H,11H2,1H3. The summed E-state index contributed by atoms with van der Waals surface area (Å²) < 4.78 is 27.3. The van der Waals surface area contributed by atoms with Crippen LogP contribution in [0, 0.1) is 6.92 Å². The van der Waals surface area contributed by atoms with Crippen LogP contribution in [0.2, 0.25) is 5.02 Å². The van der Waals surface area contributed by atoms with E-state index in [-0.39, 0.29) is 5.75 Å². The Balaban J connectivity index is 1.78. The number of hydrogen-bond acceptors (Lipinski definition) is 4. The summed E-state index contributed by atoms with van der Waals surface area (Å²) in [5, 5.41) is 3.51. The lowest BCUT2D eigenvalue weighted by molar-refractivity contribution is 0.600. The zero-order valence-electron chi connectivity index (χ0n) is 12.9. The molecule has 124 valence electrons. The first-order valence-electron chi connectivity index (χ1n) is 7.19. The van der Waals surface area contributed by atoms with Crippen LogP contribution < -0.4 is 4.72 Å². The molecule has 0 aliphatic rings. The minimum atomic E-state index is -3.51. The van der Waals surface area contributed by atoms with Gasteiger partial charge in [-0.2, -0.15) is 0 Å². The van der Waals surface area contributed by atoms with E-state index in [1.54, 1.807) is 47.7 Å². The van der Waals surface area contributed by atoms with Gasteiger partial charge in [0.25, 0.3) is 0 Å². The van der Waals surface area contributed by atoms with Crippen molar-refractivity contribution in [2.24, 2.45) is 0 Å². The van der Waals surface area contributed by atoms with Gasteiger partial charge in [-0.25, -0.2) is 13.4 Å². The SMILES string of the molecule is Cc1nc(-c2cccc(NS(=O)(=O)Cc3ccc(Cl)cc3)c2)cs1. The lowest BCUT2D eigenvalue weighted by atomic mass is 10.1. The molecule has 0 spiro atoms. The van der Waals surface area contributed by atoms with Crippen LogP contribution in [-0.2, 0) is 15.8 Å². The van der Waals surface area contributed by atoms with Gasteiger partial charge in [0.15, 0.2) is 0 Å². The van der Waals surface area contributed by atoms with Crippen LogP contribution >= 0.6 is 22.9 Å². The topological polar surface area (TPSA) is 59.1 Å². The fourth-order valence-electron chi connectivity index (χ4n) is 2.25. The molecule has 1 heterocycles. The number of hydrogen-bond donors (Lipinski definition) is 1. The van der Waals surface area contributed by atoms with E-state index in [4.69, 9.17) is 11.6 Å². The highest BCUT2D eigenvalue weighted by Gasteiger charge is 2.12. The van der Waals surface area contributed by atoms with E-state index in [1.165, 1.54) is 0 Å². The number of thiazole rings is 1. The molecule has 1 N–H and O–H groups in total. The quantitative estimate of drug-likeness (QED) is 0.699. The Morgan fingerprint density at radius 3 is 2.58 bits per heavy atom. The largest absolute Gasteiger partial charge is 0.283 e. The zero-order valence-corrected chi connectivity index (χ0v) is 15.3. The van der Waals surface area contributed by atoms with E-state index in [2.05, 4.69) is 9.71 Å². The second kappa shape index (κ2) is 6.93. The summed E-state index contributed by atoms with van der Waals surface area (Å²) in [5.74, 6) is -0.107. The normalized spacial score (nSPS) is 11.4. The highest BCUT2D eigenvalue weighted by Crippen LogP contribution is 2.25. The van der Waals surface area contributed by atoms with E-state index < -0.39 is 10.0 Å². The van der Waals surface area contributed by atoms with E-state index in [0.29, 0.717) is 16.3 Å². The third kappa shape index (κ3) is 4.35. The molecule has 0 radical (unpaired) electrons. The van der Waals surface area contributed by atoms with Gasteiger partial charge in [-0.3, -0.25) is 4.72 Å². The summed E-state index contributed by atoms with van der Waals surface area (Å²) in [6.45, 7) is 1.94. The van der Waals surface area contributed by atoms with Gasteiger partial charge in [-0.15, -0.1) is 11.3 Å². The zero-order chi connectivity index (χ0) is 17.2. The molecular formula is C17H15ClN2O2S2. The molecule has 1 aromatic heterocycles. The van der Waals surface area contributed by atoms with Crippen LogP contribution in [-0.4, -0.2) is 13.4 Å². The molecule has 24 heavy (non-hydrogen) atoms. The predicted octanol–water partition coefficient (Wildman–Crippen LogP) is 4.71. The maximum Gasteiger partial charge on any atom is 0.236 e. The Morgan fingerprint density at radius 2 is 1.92 bits per heavy atom. The number of aromatic nitrogens is 1. The minimum Gasteiger partial charge on any atom is -0.283 e. The van der Waals surface area contributed by atoms with Crippen molar-refractivity contribution in [3.8, 4) is 11.3 Å². The molecule has 0 aliphatic carbocycles. The van der Waals surface area contributed by atoms with Gasteiger partial charge in [-0.1, -0.05) is 35.9 Å². The Bertz CT molecular complexity index is 951. The summed E-state index contributed by atoms with van der Waals surface area (Å²) >= 11 is 7.38. The second-order valence-corrected chi connectivity index (χ2v) is 8.54. The molecule has 3 aromatic rings. The van der Waals surface area contributed by atoms with E-state index in [0.717, 1.165) is 16.3 Å². The fourth-order valence-corrected chi connectivity index (χ4v) is 4.19. The number of sulfonamides is 1. The molecule has 0 bridgehead atoms. The number of nitrogens with zero attached hydrogens (tertiary/aromatic N) is 1. The maximum atomic E-state index is 12.3. The first-order valence-corrected chi connectivity index (χ1v) is 10.1. The van der Waals surface area contributed by atoms with Crippen LogP contribution in [0.25, 0.3) is 11.3 Å². The van der Waals surface area contributed by atoms with Crippen LogP contribution in [0.3, 0.4) is 0 Å². The van der Waals surface area contributed by atoms with Crippen molar-refractivity contribution >= 4 is 38.6 Å². The molecule has 0 fully saturated rings. The number of halogens is 1. The van der Waals surface area contributed by atoms with Gasteiger partial charge in [0.1, 0.15) is 0 Å². The van der Waals surface area contributed by atoms with Gasteiger partial charge in [0.05, 0.1) is 16.5 Å². The Hall–Kier alpha value is -1.89. The van der Waals surface area contributed by atoms with Crippen molar-refractivity contribution in [2.75, 3.05) is 4.72 Å². The Kier molecular flexibility index (Phi) is 4.89. The summed E-state index contributed by atoms with van der Waals surface area (Å²) in [4.78, 5) is 4.42. The molecule has 0 saturated carbocycles. The molecule has 0 unspecified atom stereocenters. The van der Waals surface area contributed by atoms with Crippen LogP contribution in [0.5, 0.6) is 0 Å². The van der Waals surface area contributed by atoms with E-state index >= 15 is 0 Å². The molecule has 0 atom stereocenters. The molecule has 2 aromatic carbocycles. The van der Waals surface area contributed by atoms with Crippen molar-refractivity contribution < 1.29 is 8.42 Å². The molecular weight excluding hydrogens is 364 g/mol. The first-order chi connectivity index (χ1) is 11.4. The molecule has 7 heteroatoms. The van der Waals surface area contributed by atoms with E-state index in [1.807, 2.05) is 24.4 Å². The fraction of sp³-hybridized carbons (Fsp3) is 0.118. The van der Waals surface area contributed by atoms with Crippen molar-refractivity contribution in [2.45, 2.75) is 12.7 Å². The number of rotatable bonds is 5. The number of benzene rings is 2. The highest BCUT2D eigenvalue weighted by molar-refractivity contribution is 7.91. The third-order valence-electron chi connectivity index (χ3n) is 3.32. The monoisotopic (exact) mass is 378 g/mol. The number of nitrogens with one attached hydrogen (secondary N) is 1. The molecule has 0 saturated heterocycles. The summed E-state index contributed by atoms with van der Waals surface area (Å²) in [6.07, 6.45) is 0. The Morgan fingerprint density at radius 1 is 1.17 bits per heavy atom. The molecule has 0 amide bonds. The summed E-state index contributed by atoms with van der Waals surface area (Å²) in [6, 6.07) is 14.0.